The lowest BCUT2D eigenvalue weighted by Gasteiger charge is -2.07. The molecular formula is C20H14ClN3O2. The molecule has 2 aromatic carbocycles. The Labute approximate surface area is 154 Å². The average Bonchev–Trinajstić information content (AvgIpc) is 3.12. The van der Waals surface area contributed by atoms with Crippen molar-refractivity contribution >= 4 is 23.2 Å². The van der Waals surface area contributed by atoms with Gasteiger partial charge in [-0.15, -0.1) is 5.10 Å². The van der Waals surface area contributed by atoms with E-state index in [2.05, 4.69) is 10.1 Å². The van der Waals surface area contributed by atoms with Crippen molar-refractivity contribution in [2.75, 3.05) is 7.11 Å². The Bertz CT molecular complexity index is 1110. The first-order valence-corrected chi connectivity index (χ1v) is 8.34. The third kappa shape index (κ3) is 2.82. The fourth-order valence-electron chi connectivity index (χ4n) is 2.81. The molecule has 0 aliphatic carbocycles. The van der Waals surface area contributed by atoms with Crippen LogP contribution in [0.3, 0.4) is 0 Å². The van der Waals surface area contributed by atoms with Crippen molar-refractivity contribution in [3.63, 3.8) is 0 Å². The summed E-state index contributed by atoms with van der Waals surface area (Å²) >= 11 is 6.09. The van der Waals surface area contributed by atoms with Crippen LogP contribution in [-0.4, -0.2) is 27.7 Å². The topological polar surface area (TPSA) is 56.5 Å². The van der Waals surface area contributed by atoms with Crippen LogP contribution in [0.4, 0.5) is 0 Å². The quantitative estimate of drug-likeness (QED) is 0.503. The highest BCUT2D eigenvalue weighted by molar-refractivity contribution is 6.30. The van der Waals surface area contributed by atoms with Crippen LogP contribution in [0.1, 0.15) is 10.4 Å². The number of fused-ring (bicyclic) bond motifs is 1. The van der Waals surface area contributed by atoms with Gasteiger partial charge in [0.2, 0.25) is 0 Å². The number of rotatable bonds is 3. The molecule has 2 aromatic heterocycles. The summed E-state index contributed by atoms with van der Waals surface area (Å²) in [5.41, 5.74) is 3.36. The van der Waals surface area contributed by atoms with Crippen molar-refractivity contribution in [3.8, 4) is 22.6 Å². The minimum absolute atomic E-state index is 0.355. The third-order valence-corrected chi connectivity index (χ3v) is 4.28. The monoisotopic (exact) mass is 363 g/mol. The first-order valence-electron chi connectivity index (χ1n) is 7.97. The van der Waals surface area contributed by atoms with Crippen molar-refractivity contribution in [2.45, 2.75) is 0 Å². The molecule has 0 unspecified atom stereocenters. The molecular weight excluding hydrogens is 350 g/mol. The van der Waals surface area contributed by atoms with Crippen LogP contribution in [0.5, 0.6) is 0 Å². The molecule has 4 aromatic rings. The second-order valence-electron chi connectivity index (χ2n) is 5.67. The highest BCUT2D eigenvalue weighted by Crippen LogP contribution is 2.26. The minimum atomic E-state index is -0.459. The van der Waals surface area contributed by atoms with E-state index >= 15 is 0 Å². The number of benzene rings is 2. The Kier molecular flexibility index (Phi) is 4.14. The summed E-state index contributed by atoms with van der Waals surface area (Å²) in [5, 5.41) is 5.21. The molecule has 2 heterocycles. The fraction of sp³-hybridized carbons (Fsp3) is 0.0500. The molecule has 26 heavy (non-hydrogen) atoms. The number of carbonyl (C=O) groups excluding carboxylic acids is 1. The van der Waals surface area contributed by atoms with Crippen molar-refractivity contribution in [1.29, 1.82) is 0 Å². The molecule has 0 spiro atoms. The predicted octanol–water partition coefficient (Wildman–Crippen LogP) is 4.50. The number of methoxy groups -OCH3 is 1. The van der Waals surface area contributed by atoms with Gasteiger partial charge in [-0.05, 0) is 24.3 Å². The van der Waals surface area contributed by atoms with E-state index in [0.717, 1.165) is 16.8 Å². The first kappa shape index (κ1) is 16.3. The summed E-state index contributed by atoms with van der Waals surface area (Å²) in [6.07, 6.45) is 0. The Morgan fingerprint density at radius 3 is 2.50 bits per heavy atom. The van der Waals surface area contributed by atoms with Crippen LogP contribution >= 0.6 is 11.6 Å². The number of esters is 1. The maximum absolute atomic E-state index is 12.2. The molecule has 0 aliphatic heterocycles. The Balaban J connectivity index is 1.99. The Morgan fingerprint density at radius 1 is 1.00 bits per heavy atom. The van der Waals surface area contributed by atoms with Crippen LogP contribution < -0.4 is 0 Å². The SMILES string of the molecule is COC(=O)c1ccc(-c2ccccc2)n2nc(-c3cccc(Cl)c3)nc12. The first-order chi connectivity index (χ1) is 12.7. The molecule has 0 radical (unpaired) electrons. The summed E-state index contributed by atoms with van der Waals surface area (Å²) in [7, 11) is 1.35. The van der Waals surface area contributed by atoms with Gasteiger partial charge in [0.15, 0.2) is 11.5 Å². The number of ether oxygens (including phenoxy) is 1. The van der Waals surface area contributed by atoms with Crippen molar-refractivity contribution in [2.24, 2.45) is 0 Å². The molecule has 0 aliphatic rings. The molecule has 0 fully saturated rings. The zero-order valence-electron chi connectivity index (χ0n) is 13.9. The second-order valence-corrected chi connectivity index (χ2v) is 6.11. The number of pyridine rings is 1. The molecule has 0 atom stereocenters. The van der Waals surface area contributed by atoms with E-state index in [0.29, 0.717) is 22.1 Å². The second kappa shape index (κ2) is 6.61. The number of halogens is 1. The summed E-state index contributed by atoms with van der Waals surface area (Å²) < 4.78 is 6.55. The van der Waals surface area contributed by atoms with Crippen molar-refractivity contribution < 1.29 is 9.53 Å². The molecule has 6 heteroatoms. The lowest BCUT2D eigenvalue weighted by molar-refractivity contribution is 0.0602. The van der Waals surface area contributed by atoms with Gasteiger partial charge < -0.3 is 4.74 Å². The molecule has 0 saturated heterocycles. The van der Waals surface area contributed by atoms with Crippen LogP contribution in [0.15, 0.2) is 66.7 Å². The molecule has 128 valence electrons. The molecule has 5 nitrogen and oxygen atoms in total. The van der Waals surface area contributed by atoms with E-state index in [-0.39, 0.29) is 0 Å². The van der Waals surface area contributed by atoms with Gasteiger partial charge in [0.25, 0.3) is 0 Å². The highest BCUT2D eigenvalue weighted by atomic mass is 35.5. The fourth-order valence-corrected chi connectivity index (χ4v) is 3.00. The smallest absolute Gasteiger partial charge is 0.341 e. The average molecular weight is 364 g/mol. The standard InChI is InChI=1S/C20H14ClN3O2/c1-26-20(25)16-10-11-17(13-6-3-2-4-7-13)24-19(16)22-18(23-24)14-8-5-9-15(21)12-14/h2-12H,1H3. The van der Waals surface area contributed by atoms with Gasteiger partial charge in [-0.25, -0.2) is 14.3 Å². The summed E-state index contributed by atoms with van der Waals surface area (Å²) in [6, 6.07) is 20.6. The summed E-state index contributed by atoms with van der Waals surface area (Å²) in [5.74, 6) is 0.0284. The van der Waals surface area contributed by atoms with Gasteiger partial charge in [-0.1, -0.05) is 54.1 Å². The van der Waals surface area contributed by atoms with E-state index in [9.17, 15) is 4.79 Å². The lowest BCUT2D eigenvalue weighted by atomic mass is 10.1. The normalized spacial score (nSPS) is 10.8. The molecule has 0 amide bonds. The minimum Gasteiger partial charge on any atom is -0.465 e. The van der Waals surface area contributed by atoms with E-state index in [1.54, 1.807) is 22.7 Å². The van der Waals surface area contributed by atoms with Gasteiger partial charge in [-0.2, -0.15) is 0 Å². The largest absolute Gasteiger partial charge is 0.465 e. The zero-order chi connectivity index (χ0) is 18.1. The molecule has 0 N–H and O–H groups in total. The van der Waals surface area contributed by atoms with Gasteiger partial charge in [0, 0.05) is 16.1 Å². The van der Waals surface area contributed by atoms with Crippen molar-refractivity contribution in [3.05, 3.63) is 77.3 Å². The summed E-state index contributed by atoms with van der Waals surface area (Å²) in [6.45, 7) is 0. The number of aromatic nitrogens is 3. The van der Waals surface area contributed by atoms with E-state index in [1.807, 2.05) is 48.5 Å². The van der Waals surface area contributed by atoms with Crippen molar-refractivity contribution in [1.82, 2.24) is 14.6 Å². The predicted molar refractivity (Wildman–Crippen MR) is 100 cm³/mol. The van der Waals surface area contributed by atoms with Crippen LogP contribution in [-0.2, 0) is 4.74 Å². The van der Waals surface area contributed by atoms with E-state index in [4.69, 9.17) is 16.3 Å². The van der Waals surface area contributed by atoms with Gasteiger partial charge in [0.1, 0.15) is 5.56 Å². The highest BCUT2D eigenvalue weighted by Gasteiger charge is 2.18. The maximum atomic E-state index is 12.2. The third-order valence-electron chi connectivity index (χ3n) is 4.04. The lowest BCUT2D eigenvalue weighted by Crippen LogP contribution is -2.06. The number of nitrogens with zero attached hydrogens (tertiary/aromatic N) is 3. The van der Waals surface area contributed by atoms with Crippen LogP contribution in [0, 0.1) is 0 Å². The van der Waals surface area contributed by atoms with E-state index < -0.39 is 5.97 Å². The molecule has 0 bridgehead atoms. The maximum Gasteiger partial charge on any atom is 0.341 e. The number of hydrogen-bond acceptors (Lipinski definition) is 4. The Hall–Kier alpha value is -3.18. The zero-order valence-corrected chi connectivity index (χ0v) is 14.6. The van der Waals surface area contributed by atoms with Gasteiger partial charge in [-0.3, -0.25) is 0 Å². The number of hydrogen-bond donors (Lipinski definition) is 0. The van der Waals surface area contributed by atoms with Gasteiger partial charge in [0.05, 0.1) is 12.8 Å². The Morgan fingerprint density at radius 2 is 1.77 bits per heavy atom. The number of carbonyl (C=O) groups is 1. The van der Waals surface area contributed by atoms with Crippen LogP contribution in [0.25, 0.3) is 28.3 Å². The van der Waals surface area contributed by atoms with E-state index in [1.165, 1.54) is 7.11 Å². The molecule has 0 saturated carbocycles. The summed E-state index contributed by atoms with van der Waals surface area (Å²) in [4.78, 5) is 16.7. The van der Waals surface area contributed by atoms with Gasteiger partial charge >= 0.3 is 5.97 Å². The molecule has 4 rings (SSSR count). The van der Waals surface area contributed by atoms with Crippen LogP contribution in [0.2, 0.25) is 5.02 Å².